The largest absolute Gasteiger partial charge is 0.389 e. The molecule has 0 fully saturated rings. The number of aliphatic hydroxyl groups is 1. The average molecular weight is 262 g/mol. The van der Waals surface area contributed by atoms with Crippen molar-refractivity contribution < 1.29 is 9.84 Å². The standard InChI is InChI=1S/C15H22N2O2/c1-10(2)19-8-13(18)7-17-9-16-14-5-11(3)12(4)6-15(14)17/h5-6,9-10,13,18H,7-8H2,1-4H3. The monoisotopic (exact) mass is 262 g/mol. The molecule has 0 radical (unpaired) electrons. The van der Waals surface area contributed by atoms with Gasteiger partial charge < -0.3 is 14.4 Å². The number of hydrogen-bond donors (Lipinski definition) is 1. The lowest BCUT2D eigenvalue weighted by molar-refractivity contribution is -0.000291. The number of rotatable bonds is 5. The Bertz CT molecular complexity index is 561. The molecule has 1 aromatic heterocycles. The van der Waals surface area contributed by atoms with Crippen LogP contribution in [-0.2, 0) is 11.3 Å². The number of imidazole rings is 1. The molecule has 1 N–H and O–H groups in total. The quantitative estimate of drug-likeness (QED) is 0.900. The molecular weight excluding hydrogens is 240 g/mol. The van der Waals surface area contributed by atoms with Gasteiger partial charge in [-0.2, -0.15) is 0 Å². The Kier molecular flexibility index (Phi) is 4.22. The van der Waals surface area contributed by atoms with Crippen LogP contribution in [0.25, 0.3) is 11.0 Å². The van der Waals surface area contributed by atoms with Gasteiger partial charge >= 0.3 is 0 Å². The fourth-order valence-electron chi connectivity index (χ4n) is 2.04. The normalized spacial score (nSPS) is 13.4. The summed E-state index contributed by atoms with van der Waals surface area (Å²) in [6.45, 7) is 8.95. The van der Waals surface area contributed by atoms with Gasteiger partial charge in [0, 0.05) is 0 Å². The molecule has 0 saturated carbocycles. The number of aromatic nitrogens is 2. The fourth-order valence-corrected chi connectivity index (χ4v) is 2.04. The highest BCUT2D eigenvalue weighted by Gasteiger charge is 2.10. The van der Waals surface area contributed by atoms with Crippen molar-refractivity contribution in [3.63, 3.8) is 0 Å². The van der Waals surface area contributed by atoms with Crippen molar-refractivity contribution in [2.24, 2.45) is 0 Å². The molecule has 1 heterocycles. The maximum Gasteiger partial charge on any atom is 0.0959 e. The number of aryl methyl sites for hydroxylation is 2. The summed E-state index contributed by atoms with van der Waals surface area (Å²) < 4.78 is 7.41. The Labute approximate surface area is 114 Å². The fraction of sp³-hybridized carbons (Fsp3) is 0.533. The molecule has 0 aliphatic carbocycles. The molecule has 2 rings (SSSR count). The van der Waals surface area contributed by atoms with E-state index >= 15 is 0 Å². The molecule has 4 heteroatoms. The average Bonchev–Trinajstić information content (AvgIpc) is 2.70. The topological polar surface area (TPSA) is 47.3 Å². The molecule has 4 nitrogen and oxygen atoms in total. The number of fused-ring (bicyclic) bond motifs is 1. The van der Waals surface area contributed by atoms with Gasteiger partial charge in [0.15, 0.2) is 0 Å². The molecule has 0 spiro atoms. The number of benzene rings is 1. The van der Waals surface area contributed by atoms with E-state index in [0.29, 0.717) is 13.2 Å². The summed E-state index contributed by atoms with van der Waals surface area (Å²) >= 11 is 0. The molecule has 0 saturated heterocycles. The summed E-state index contributed by atoms with van der Waals surface area (Å²) in [6, 6.07) is 4.20. The Hall–Kier alpha value is -1.39. The molecule has 2 aromatic rings. The third kappa shape index (κ3) is 3.33. The number of aliphatic hydroxyl groups excluding tert-OH is 1. The summed E-state index contributed by atoms with van der Waals surface area (Å²) in [5, 5.41) is 9.98. The minimum atomic E-state index is -0.513. The molecule has 1 unspecified atom stereocenters. The van der Waals surface area contributed by atoms with E-state index in [1.54, 1.807) is 6.33 Å². The highest BCUT2D eigenvalue weighted by Crippen LogP contribution is 2.18. The maximum absolute atomic E-state index is 9.98. The van der Waals surface area contributed by atoms with Crippen LogP contribution in [0.2, 0.25) is 0 Å². The van der Waals surface area contributed by atoms with Crippen molar-refractivity contribution in [1.82, 2.24) is 9.55 Å². The summed E-state index contributed by atoms with van der Waals surface area (Å²) in [5.74, 6) is 0. The Morgan fingerprint density at radius 1 is 1.26 bits per heavy atom. The van der Waals surface area contributed by atoms with Gasteiger partial charge in [0.1, 0.15) is 0 Å². The second-order valence-corrected chi connectivity index (χ2v) is 5.36. The number of nitrogens with zero attached hydrogens (tertiary/aromatic N) is 2. The van der Waals surface area contributed by atoms with E-state index in [9.17, 15) is 5.11 Å². The molecule has 0 aliphatic rings. The molecule has 0 aliphatic heterocycles. The first kappa shape index (κ1) is 14.0. The van der Waals surface area contributed by atoms with Crippen LogP contribution in [0.15, 0.2) is 18.5 Å². The smallest absolute Gasteiger partial charge is 0.0959 e. The first-order valence-corrected chi connectivity index (χ1v) is 6.69. The summed E-state index contributed by atoms with van der Waals surface area (Å²) in [7, 11) is 0. The van der Waals surface area contributed by atoms with Gasteiger partial charge in [-0.15, -0.1) is 0 Å². The second kappa shape index (κ2) is 5.72. The molecule has 1 aromatic carbocycles. The Morgan fingerprint density at radius 3 is 2.63 bits per heavy atom. The SMILES string of the molecule is Cc1cc2ncn(CC(O)COC(C)C)c2cc1C. The van der Waals surface area contributed by atoms with Crippen molar-refractivity contribution in [1.29, 1.82) is 0 Å². The molecule has 19 heavy (non-hydrogen) atoms. The van der Waals surface area contributed by atoms with Gasteiger partial charge in [0.25, 0.3) is 0 Å². The molecule has 104 valence electrons. The van der Waals surface area contributed by atoms with Crippen molar-refractivity contribution in [2.45, 2.75) is 46.4 Å². The van der Waals surface area contributed by atoms with Crippen LogP contribution >= 0.6 is 0 Å². The van der Waals surface area contributed by atoms with E-state index < -0.39 is 6.10 Å². The summed E-state index contributed by atoms with van der Waals surface area (Å²) in [6.07, 6.45) is 1.41. The zero-order valence-corrected chi connectivity index (χ0v) is 12.1. The minimum Gasteiger partial charge on any atom is -0.389 e. The maximum atomic E-state index is 9.98. The number of ether oxygens (including phenoxy) is 1. The number of hydrogen-bond acceptors (Lipinski definition) is 3. The van der Waals surface area contributed by atoms with E-state index in [1.165, 1.54) is 11.1 Å². The molecule has 0 bridgehead atoms. The highest BCUT2D eigenvalue weighted by molar-refractivity contribution is 5.77. The molecular formula is C15H22N2O2. The lowest BCUT2D eigenvalue weighted by atomic mass is 10.1. The van der Waals surface area contributed by atoms with Crippen LogP contribution in [0.5, 0.6) is 0 Å². The zero-order chi connectivity index (χ0) is 14.0. The van der Waals surface area contributed by atoms with Crippen LogP contribution in [0, 0.1) is 13.8 Å². The van der Waals surface area contributed by atoms with Crippen LogP contribution in [-0.4, -0.2) is 33.5 Å². The predicted molar refractivity (Wildman–Crippen MR) is 76.3 cm³/mol. The third-order valence-corrected chi connectivity index (χ3v) is 3.27. The van der Waals surface area contributed by atoms with E-state index in [-0.39, 0.29) is 6.10 Å². The van der Waals surface area contributed by atoms with E-state index in [0.717, 1.165) is 11.0 Å². The van der Waals surface area contributed by atoms with Gasteiger partial charge in [0.05, 0.1) is 42.7 Å². The summed E-state index contributed by atoms with van der Waals surface area (Å²) in [4.78, 5) is 4.38. The Balaban J connectivity index is 2.15. The van der Waals surface area contributed by atoms with Crippen molar-refractivity contribution in [2.75, 3.05) is 6.61 Å². The van der Waals surface area contributed by atoms with Gasteiger partial charge in [-0.3, -0.25) is 0 Å². The van der Waals surface area contributed by atoms with E-state index in [4.69, 9.17) is 4.74 Å². The molecule has 0 amide bonds. The Morgan fingerprint density at radius 2 is 1.95 bits per heavy atom. The van der Waals surface area contributed by atoms with Gasteiger partial charge in [-0.1, -0.05) is 0 Å². The summed E-state index contributed by atoms with van der Waals surface area (Å²) in [5.41, 5.74) is 4.51. The lowest BCUT2D eigenvalue weighted by Gasteiger charge is -2.14. The predicted octanol–water partition coefficient (Wildman–Crippen LogP) is 2.44. The van der Waals surface area contributed by atoms with Crippen molar-refractivity contribution in [3.8, 4) is 0 Å². The first-order valence-electron chi connectivity index (χ1n) is 6.69. The van der Waals surface area contributed by atoms with Gasteiger partial charge in [0.2, 0.25) is 0 Å². The van der Waals surface area contributed by atoms with Crippen molar-refractivity contribution in [3.05, 3.63) is 29.6 Å². The van der Waals surface area contributed by atoms with Crippen LogP contribution in [0.4, 0.5) is 0 Å². The van der Waals surface area contributed by atoms with Crippen LogP contribution in [0.1, 0.15) is 25.0 Å². The second-order valence-electron chi connectivity index (χ2n) is 5.36. The minimum absolute atomic E-state index is 0.138. The van der Waals surface area contributed by atoms with Crippen LogP contribution in [0.3, 0.4) is 0 Å². The molecule has 1 atom stereocenters. The van der Waals surface area contributed by atoms with E-state index in [1.807, 2.05) is 18.4 Å². The van der Waals surface area contributed by atoms with Gasteiger partial charge in [-0.25, -0.2) is 4.98 Å². The third-order valence-electron chi connectivity index (χ3n) is 3.27. The van der Waals surface area contributed by atoms with E-state index in [2.05, 4.69) is 31.0 Å². The lowest BCUT2D eigenvalue weighted by Crippen LogP contribution is -2.23. The highest BCUT2D eigenvalue weighted by atomic mass is 16.5. The van der Waals surface area contributed by atoms with Crippen molar-refractivity contribution >= 4 is 11.0 Å². The van der Waals surface area contributed by atoms with Gasteiger partial charge in [-0.05, 0) is 51.0 Å². The first-order chi connectivity index (χ1) is 8.97. The zero-order valence-electron chi connectivity index (χ0n) is 12.1. The van der Waals surface area contributed by atoms with Crippen LogP contribution < -0.4 is 0 Å².